The van der Waals surface area contributed by atoms with Crippen LogP contribution in [0.5, 0.6) is 0 Å². The zero-order chi connectivity index (χ0) is 13.4. The van der Waals surface area contributed by atoms with Crippen molar-refractivity contribution in [3.8, 4) is 0 Å². The van der Waals surface area contributed by atoms with Crippen LogP contribution in [-0.4, -0.2) is 12.1 Å². The van der Waals surface area contributed by atoms with Gasteiger partial charge in [-0.05, 0) is 69.2 Å². The van der Waals surface area contributed by atoms with Crippen LogP contribution in [0.25, 0.3) is 0 Å². The van der Waals surface area contributed by atoms with Crippen molar-refractivity contribution in [1.29, 1.82) is 0 Å². The van der Waals surface area contributed by atoms with Crippen molar-refractivity contribution in [2.24, 2.45) is 11.3 Å². The second kappa shape index (κ2) is 4.65. The zero-order valence-corrected chi connectivity index (χ0v) is 11.9. The van der Waals surface area contributed by atoms with Crippen LogP contribution >= 0.6 is 0 Å². The van der Waals surface area contributed by atoms with E-state index in [9.17, 15) is 4.39 Å². The lowest BCUT2D eigenvalue weighted by Crippen LogP contribution is -2.37. The summed E-state index contributed by atoms with van der Waals surface area (Å²) in [5.41, 5.74) is 1.84. The molecule has 0 aliphatic heterocycles. The van der Waals surface area contributed by atoms with Crippen molar-refractivity contribution >= 4 is 0 Å². The first kappa shape index (κ1) is 13.5. The van der Waals surface area contributed by atoms with Gasteiger partial charge in [0, 0.05) is 5.54 Å². The van der Waals surface area contributed by atoms with Crippen LogP contribution in [0.3, 0.4) is 0 Å². The molecule has 0 aromatic heterocycles. The van der Waals surface area contributed by atoms with E-state index in [-0.39, 0.29) is 11.4 Å². The number of hydrogen-bond acceptors (Lipinski definition) is 1. The molecule has 2 rings (SSSR count). The number of nitrogens with one attached hydrogen (secondary N) is 1. The van der Waals surface area contributed by atoms with Gasteiger partial charge in [0.1, 0.15) is 5.82 Å². The van der Waals surface area contributed by atoms with Crippen molar-refractivity contribution in [1.82, 2.24) is 5.32 Å². The molecule has 1 N–H and O–H groups in total. The first-order chi connectivity index (χ1) is 8.28. The minimum Gasteiger partial charge on any atom is -0.312 e. The average molecular weight is 249 g/mol. The Morgan fingerprint density at radius 1 is 1.28 bits per heavy atom. The van der Waals surface area contributed by atoms with Crippen LogP contribution in [0, 0.1) is 17.2 Å². The monoisotopic (exact) mass is 249 g/mol. The summed E-state index contributed by atoms with van der Waals surface area (Å²) in [7, 11) is 0. The molecule has 1 aromatic rings. The van der Waals surface area contributed by atoms with Gasteiger partial charge in [-0.25, -0.2) is 4.39 Å². The molecular weight excluding hydrogens is 225 g/mol. The average Bonchev–Trinajstić information content (AvgIpc) is 2.89. The Hall–Kier alpha value is -0.890. The second-order valence-corrected chi connectivity index (χ2v) is 6.99. The maximum atomic E-state index is 12.9. The number of rotatable bonds is 4. The molecule has 0 bridgehead atoms. The fraction of sp³-hybridized carbons (Fsp3) is 0.625. The normalized spacial score (nSPS) is 27.3. The standard InChI is InChI=1S/C16H24FN/c1-15(2,3)18-11-13-10-16(13,4)9-12-5-7-14(17)8-6-12/h5-8,13,18H,9-11H2,1-4H3. The molecule has 18 heavy (non-hydrogen) atoms. The lowest BCUT2D eigenvalue weighted by atomic mass is 9.95. The predicted octanol–water partition coefficient (Wildman–Crippen LogP) is 3.78. The van der Waals surface area contributed by atoms with E-state index < -0.39 is 0 Å². The number of halogens is 1. The summed E-state index contributed by atoms with van der Waals surface area (Å²) < 4.78 is 12.9. The van der Waals surface area contributed by atoms with E-state index in [1.54, 1.807) is 12.1 Å². The molecule has 100 valence electrons. The SMILES string of the molecule is CC(C)(C)NCC1CC1(C)Cc1ccc(F)cc1. The van der Waals surface area contributed by atoms with E-state index in [2.05, 4.69) is 33.0 Å². The van der Waals surface area contributed by atoms with Crippen LogP contribution in [0.15, 0.2) is 24.3 Å². The third-order valence-corrected chi connectivity index (χ3v) is 3.94. The molecule has 1 aliphatic carbocycles. The second-order valence-electron chi connectivity index (χ2n) is 6.99. The molecule has 1 aliphatic rings. The molecule has 2 atom stereocenters. The lowest BCUT2D eigenvalue weighted by Gasteiger charge is -2.21. The minimum absolute atomic E-state index is 0.148. The van der Waals surface area contributed by atoms with Crippen LogP contribution in [0.2, 0.25) is 0 Å². The summed E-state index contributed by atoms with van der Waals surface area (Å²) in [6.07, 6.45) is 2.33. The van der Waals surface area contributed by atoms with Gasteiger partial charge in [0.25, 0.3) is 0 Å². The van der Waals surface area contributed by atoms with Crippen LogP contribution < -0.4 is 5.32 Å². The molecule has 1 fully saturated rings. The first-order valence-electron chi connectivity index (χ1n) is 6.78. The predicted molar refractivity (Wildman–Crippen MR) is 74.1 cm³/mol. The summed E-state index contributed by atoms with van der Waals surface area (Å²) in [4.78, 5) is 0. The molecular formula is C16H24FN. The van der Waals surface area contributed by atoms with Crippen LogP contribution in [0.1, 0.15) is 39.7 Å². The molecule has 1 aromatic carbocycles. The van der Waals surface area contributed by atoms with E-state index in [1.807, 2.05) is 12.1 Å². The molecule has 0 saturated heterocycles. The van der Waals surface area contributed by atoms with Gasteiger partial charge in [0.15, 0.2) is 0 Å². The summed E-state index contributed by atoms with van der Waals surface area (Å²) in [5.74, 6) is 0.604. The zero-order valence-electron chi connectivity index (χ0n) is 11.9. The molecule has 1 saturated carbocycles. The molecule has 0 radical (unpaired) electrons. The van der Waals surface area contributed by atoms with Crippen molar-refractivity contribution < 1.29 is 4.39 Å². The van der Waals surface area contributed by atoms with Crippen molar-refractivity contribution in [2.45, 2.75) is 46.1 Å². The van der Waals surface area contributed by atoms with E-state index in [1.165, 1.54) is 12.0 Å². The van der Waals surface area contributed by atoms with Gasteiger partial charge < -0.3 is 5.32 Å². The molecule has 0 heterocycles. The van der Waals surface area contributed by atoms with Gasteiger partial charge in [-0.2, -0.15) is 0 Å². The highest BCUT2D eigenvalue weighted by molar-refractivity contribution is 5.20. The van der Waals surface area contributed by atoms with E-state index in [4.69, 9.17) is 0 Å². The quantitative estimate of drug-likeness (QED) is 0.856. The maximum Gasteiger partial charge on any atom is 0.123 e. The maximum absolute atomic E-state index is 12.9. The largest absolute Gasteiger partial charge is 0.312 e. The molecule has 0 amide bonds. The highest BCUT2D eigenvalue weighted by Crippen LogP contribution is 2.54. The van der Waals surface area contributed by atoms with Crippen molar-refractivity contribution in [3.63, 3.8) is 0 Å². The third-order valence-electron chi connectivity index (χ3n) is 3.94. The molecule has 2 unspecified atom stereocenters. The summed E-state index contributed by atoms with van der Waals surface area (Å²) in [5, 5.41) is 3.57. The topological polar surface area (TPSA) is 12.0 Å². The van der Waals surface area contributed by atoms with Gasteiger partial charge in [0.05, 0.1) is 0 Å². The van der Waals surface area contributed by atoms with Crippen molar-refractivity contribution in [2.75, 3.05) is 6.54 Å². The Kier molecular flexibility index (Phi) is 3.50. The van der Waals surface area contributed by atoms with Gasteiger partial charge in [-0.1, -0.05) is 19.1 Å². The minimum atomic E-state index is -0.148. The van der Waals surface area contributed by atoms with Gasteiger partial charge in [-0.3, -0.25) is 0 Å². The fourth-order valence-electron chi connectivity index (χ4n) is 2.54. The molecule has 2 heteroatoms. The highest BCUT2D eigenvalue weighted by Gasteiger charge is 2.49. The first-order valence-corrected chi connectivity index (χ1v) is 6.78. The lowest BCUT2D eigenvalue weighted by molar-refractivity contribution is 0.387. The summed E-state index contributed by atoms with van der Waals surface area (Å²) >= 11 is 0. The van der Waals surface area contributed by atoms with E-state index in [0.717, 1.165) is 18.9 Å². The van der Waals surface area contributed by atoms with Gasteiger partial charge in [-0.15, -0.1) is 0 Å². The summed E-state index contributed by atoms with van der Waals surface area (Å²) in [6, 6.07) is 6.94. The van der Waals surface area contributed by atoms with Gasteiger partial charge in [0.2, 0.25) is 0 Å². The highest BCUT2D eigenvalue weighted by atomic mass is 19.1. The Labute approximate surface area is 110 Å². The van der Waals surface area contributed by atoms with Crippen LogP contribution in [0.4, 0.5) is 4.39 Å². The van der Waals surface area contributed by atoms with Crippen LogP contribution in [-0.2, 0) is 6.42 Å². The molecule has 1 nitrogen and oxygen atoms in total. The fourth-order valence-corrected chi connectivity index (χ4v) is 2.54. The number of benzene rings is 1. The Morgan fingerprint density at radius 3 is 2.44 bits per heavy atom. The smallest absolute Gasteiger partial charge is 0.123 e. The molecule has 0 spiro atoms. The summed E-state index contributed by atoms with van der Waals surface area (Å²) in [6.45, 7) is 10.0. The Bertz CT molecular complexity index is 404. The van der Waals surface area contributed by atoms with Gasteiger partial charge >= 0.3 is 0 Å². The van der Waals surface area contributed by atoms with E-state index in [0.29, 0.717) is 5.41 Å². The van der Waals surface area contributed by atoms with Crippen molar-refractivity contribution in [3.05, 3.63) is 35.6 Å². The Morgan fingerprint density at radius 2 is 1.89 bits per heavy atom. The van der Waals surface area contributed by atoms with E-state index >= 15 is 0 Å². The third kappa shape index (κ3) is 3.55. The Balaban J connectivity index is 1.86. The number of hydrogen-bond donors (Lipinski definition) is 1.